The molecule has 0 spiro atoms. The smallest absolute Gasteiger partial charge is 0.126 e. The lowest BCUT2D eigenvalue weighted by Crippen LogP contribution is -2.10. The Bertz CT molecular complexity index is 620. The molecule has 0 aromatic heterocycles. The molecule has 3 heteroatoms. The maximum atomic E-state index is 10.2. The van der Waals surface area contributed by atoms with Gasteiger partial charge >= 0.3 is 0 Å². The Labute approximate surface area is 116 Å². The predicted octanol–water partition coefficient (Wildman–Crippen LogP) is 2.69. The van der Waals surface area contributed by atoms with E-state index in [-0.39, 0.29) is 0 Å². The Kier molecular flexibility index (Phi) is 4.34. The first kappa shape index (κ1) is 13.8. The van der Waals surface area contributed by atoms with Crippen LogP contribution in [-0.2, 0) is 0 Å². The van der Waals surface area contributed by atoms with Crippen LogP contribution in [0.25, 0.3) is 0 Å². The molecule has 2 aromatic carbocycles. The maximum absolute atomic E-state index is 10.2. The zero-order valence-corrected chi connectivity index (χ0v) is 12.4. The third kappa shape index (κ3) is 3.21. The summed E-state index contributed by atoms with van der Waals surface area (Å²) in [6.45, 7) is 4.00. The second kappa shape index (κ2) is 5.99. The molecule has 0 radical (unpaired) electrons. The van der Waals surface area contributed by atoms with E-state index < -0.39 is 0 Å². The molecule has 0 fully saturated rings. The number of aryl methyl sites for hydroxylation is 2. The summed E-state index contributed by atoms with van der Waals surface area (Å²) in [6, 6.07) is 12.2. The highest BCUT2D eigenvalue weighted by Crippen LogP contribution is 2.24. The summed E-state index contributed by atoms with van der Waals surface area (Å²) < 4.78 is 0. The maximum Gasteiger partial charge on any atom is 0.126 e. The van der Waals surface area contributed by atoms with Crippen LogP contribution in [0.5, 0.6) is 5.75 Å². The molecule has 0 heterocycles. The lowest BCUT2D eigenvalue weighted by Gasteiger charge is -2.11. The van der Waals surface area contributed by atoms with Crippen molar-refractivity contribution in [3.8, 4) is 5.75 Å². The number of aromatic hydroxyl groups is 1. The molecule has 0 bridgehead atoms. The molecule has 2 nitrogen and oxygen atoms in total. The van der Waals surface area contributed by atoms with Crippen LogP contribution < -0.4 is 10.6 Å². The van der Waals surface area contributed by atoms with Crippen LogP contribution in [-0.4, -0.2) is 18.4 Å². The lowest BCUT2D eigenvalue weighted by molar-refractivity contribution is 0.475. The Balaban J connectivity index is 2.42. The van der Waals surface area contributed by atoms with Gasteiger partial charge in [0.15, 0.2) is 0 Å². The first-order valence-corrected chi connectivity index (χ1v) is 7.20. The molecule has 0 saturated carbocycles. The van der Waals surface area contributed by atoms with Gasteiger partial charge in [0.2, 0.25) is 0 Å². The summed E-state index contributed by atoms with van der Waals surface area (Å²) in [5, 5.41) is 12.4. The standard InChI is InChI=1S/C16H18NOP/c1-11-8-12(2)16(18)15(9-11)19-14-7-5-4-6-13(14)10-17-3/h4-10,18-19H,1-3H3/b17-10+. The van der Waals surface area contributed by atoms with E-state index in [1.54, 1.807) is 7.05 Å². The van der Waals surface area contributed by atoms with Crippen LogP contribution in [0.2, 0.25) is 0 Å². The SMILES string of the molecule is C/N=C/c1ccccc1Pc1cc(C)cc(C)c1O. The number of benzene rings is 2. The van der Waals surface area contributed by atoms with Gasteiger partial charge in [-0.1, -0.05) is 38.9 Å². The highest BCUT2D eigenvalue weighted by molar-refractivity contribution is 7.56. The van der Waals surface area contributed by atoms with E-state index in [9.17, 15) is 5.11 Å². The third-order valence-corrected chi connectivity index (χ3v) is 4.32. The van der Waals surface area contributed by atoms with E-state index in [1.807, 2.05) is 31.3 Å². The molecule has 1 atom stereocenters. The van der Waals surface area contributed by atoms with E-state index in [0.717, 1.165) is 16.4 Å². The monoisotopic (exact) mass is 271 g/mol. The van der Waals surface area contributed by atoms with Gasteiger partial charge in [-0.15, -0.1) is 0 Å². The van der Waals surface area contributed by atoms with Crippen LogP contribution in [0.3, 0.4) is 0 Å². The zero-order valence-electron chi connectivity index (χ0n) is 11.4. The number of phenolic OH excluding ortho intramolecular Hbond substituents is 1. The second-order valence-corrected chi connectivity index (χ2v) is 5.90. The van der Waals surface area contributed by atoms with Gasteiger partial charge in [0.1, 0.15) is 5.75 Å². The average Bonchev–Trinajstić information content (AvgIpc) is 2.38. The molecular formula is C16H18NOP. The molecule has 0 aliphatic rings. The summed E-state index contributed by atoms with van der Waals surface area (Å²) in [7, 11) is 2.21. The number of aliphatic imine (C=N–C) groups is 1. The van der Waals surface area contributed by atoms with Gasteiger partial charge in [0.05, 0.1) is 0 Å². The van der Waals surface area contributed by atoms with Crippen LogP contribution in [0.4, 0.5) is 0 Å². The van der Waals surface area contributed by atoms with Gasteiger partial charge < -0.3 is 5.11 Å². The Morgan fingerprint density at radius 3 is 2.58 bits per heavy atom. The molecule has 0 amide bonds. The molecule has 2 aromatic rings. The quantitative estimate of drug-likeness (QED) is 0.675. The molecular weight excluding hydrogens is 253 g/mol. The van der Waals surface area contributed by atoms with Crippen LogP contribution in [0.1, 0.15) is 16.7 Å². The molecule has 1 unspecified atom stereocenters. The second-order valence-electron chi connectivity index (χ2n) is 4.58. The first-order chi connectivity index (χ1) is 9.11. The van der Waals surface area contributed by atoms with Crippen molar-refractivity contribution < 1.29 is 5.11 Å². The predicted molar refractivity (Wildman–Crippen MR) is 85.1 cm³/mol. The summed E-state index contributed by atoms with van der Waals surface area (Å²) in [6.07, 6.45) is 1.86. The number of hydrogen-bond donors (Lipinski definition) is 1. The molecule has 0 aliphatic carbocycles. The fourth-order valence-corrected chi connectivity index (χ4v) is 3.44. The summed E-state index contributed by atoms with van der Waals surface area (Å²) in [5.74, 6) is 0.409. The summed E-state index contributed by atoms with van der Waals surface area (Å²) in [5.41, 5.74) is 3.23. The minimum absolute atomic E-state index is 0.409. The van der Waals surface area contributed by atoms with Crippen molar-refractivity contribution in [2.75, 3.05) is 7.05 Å². The molecule has 0 aliphatic heterocycles. The van der Waals surface area contributed by atoms with Crippen molar-refractivity contribution in [1.29, 1.82) is 0 Å². The molecule has 19 heavy (non-hydrogen) atoms. The van der Waals surface area contributed by atoms with Gasteiger partial charge in [0.25, 0.3) is 0 Å². The molecule has 2 rings (SSSR count). The number of nitrogens with zero attached hydrogens (tertiary/aromatic N) is 1. The average molecular weight is 271 g/mol. The van der Waals surface area contributed by atoms with E-state index in [4.69, 9.17) is 0 Å². The van der Waals surface area contributed by atoms with E-state index in [2.05, 4.69) is 30.1 Å². The van der Waals surface area contributed by atoms with Gasteiger partial charge in [-0.05, 0) is 41.9 Å². The fourth-order valence-electron chi connectivity index (χ4n) is 2.06. The van der Waals surface area contributed by atoms with Crippen LogP contribution in [0.15, 0.2) is 41.4 Å². The number of phenols is 1. The number of rotatable bonds is 3. The molecule has 1 N–H and O–H groups in total. The third-order valence-electron chi connectivity index (χ3n) is 2.94. The van der Waals surface area contributed by atoms with Crippen molar-refractivity contribution in [3.05, 3.63) is 53.1 Å². The van der Waals surface area contributed by atoms with Gasteiger partial charge in [-0.25, -0.2) is 0 Å². The van der Waals surface area contributed by atoms with Crippen molar-refractivity contribution in [2.24, 2.45) is 4.99 Å². The topological polar surface area (TPSA) is 32.6 Å². The molecule has 98 valence electrons. The van der Waals surface area contributed by atoms with Crippen LogP contribution >= 0.6 is 8.58 Å². The van der Waals surface area contributed by atoms with Crippen molar-refractivity contribution >= 4 is 25.4 Å². The van der Waals surface area contributed by atoms with Crippen LogP contribution in [0, 0.1) is 13.8 Å². The summed E-state index contributed by atoms with van der Waals surface area (Å²) >= 11 is 0. The van der Waals surface area contributed by atoms with E-state index >= 15 is 0 Å². The highest BCUT2D eigenvalue weighted by Gasteiger charge is 2.08. The van der Waals surface area contributed by atoms with Gasteiger partial charge in [-0.3, -0.25) is 4.99 Å². The Hall–Kier alpha value is -1.66. The Morgan fingerprint density at radius 2 is 1.84 bits per heavy atom. The van der Waals surface area contributed by atoms with Gasteiger partial charge in [0, 0.05) is 18.6 Å². The first-order valence-electron chi connectivity index (χ1n) is 6.20. The minimum Gasteiger partial charge on any atom is -0.507 e. The van der Waals surface area contributed by atoms with Gasteiger partial charge in [-0.2, -0.15) is 0 Å². The normalized spacial score (nSPS) is 11.7. The Morgan fingerprint density at radius 1 is 1.11 bits per heavy atom. The molecule has 0 saturated heterocycles. The van der Waals surface area contributed by atoms with Crippen molar-refractivity contribution in [1.82, 2.24) is 0 Å². The minimum atomic E-state index is 0.409. The zero-order chi connectivity index (χ0) is 13.8. The fraction of sp³-hybridized carbons (Fsp3) is 0.188. The highest BCUT2D eigenvalue weighted by atomic mass is 31.1. The van der Waals surface area contributed by atoms with Crippen molar-refractivity contribution in [3.63, 3.8) is 0 Å². The largest absolute Gasteiger partial charge is 0.507 e. The van der Waals surface area contributed by atoms with E-state index in [0.29, 0.717) is 14.3 Å². The number of hydrogen-bond acceptors (Lipinski definition) is 2. The summed E-state index contributed by atoms with van der Waals surface area (Å²) in [4.78, 5) is 4.08. The van der Waals surface area contributed by atoms with E-state index in [1.165, 1.54) is 10.9 Å². The van der Waals surface area contributed by atoms with Crippen molar-refractivity contribution in [2.45, 2.75) is 13.8 Å². The lowest BCUT2D eigenvalue weighted by atomic mass is 10.1.